The van der Waals surface area contributed by atoms with E-state index in [1.165, 1.54) is 5.56 Å². The van der Waals surface area contributed by atoms with Gasteiger partial charge in [0.1, 0.15) is 5.82 Å². The lowest BCUT2D eigenvalue weighted by Gasteiger charge is -2.34. The van der Waals surface area contributed by atoms with Crippen molar-refractivity contribution in [2.75, 3.05) is 38.5 Å². The first-order valence-corrected chi connectivity index (χ1v) is 8.17. The molecule has 0 bridgehead atoms. The monoisotopic (exact) mass is 322 g/mol. The van der Waals surface area contributed by atoms with Crippen molar-refractivity contribution in [2.24, 2.45) is 0 Å². The van der Waals surface area contributed by atoms with Crippen molar-refractivity contribution in [3.8, 4) is 0 Å². The molecule has 0 unspecified atom stereocenters. The van der Waals surface area contributed by atoms with Gasteiger partial charge < -0.3 is 10.6 Å². The Morgan fingerprint density at radius 3 is 2.50 bits per heavy atom. The van der Waals surface area contributed by atoms with Gasteiger partial charge in [0.25, 0.3) is 5.91 Å². The van der Waals surface area contributed by atoms with Crippen molar-refractivity contribution in [3.63, 3.8) is 0 Å². The van der Waals surface area contributed by atoms with E-state index in [0.717, 1.165) is 32.7 Å². The third-order valence-electron chi connectivity index (χ3n) is 4.17. The maximum absolute atomic E-state index is 12.4. The zero-order valence-electron chi connectivity index (χ0n) is 13.6. The largest absolute Gasteiger partial charge is 0.384 e. The van der Waals surface area contributed by atoms with Gasteiger partial charge in [0.15, 0.2) is 0 Å². The van der Waals surface area contributed by atoms with Crippen LogP contribution in [-0.2, 0) is 0 Å². The molecule has 2 heterocycles. The second kappa shape index (κ2) is 7.75. The maximum atomic E-state index is 12.4. The summed E-state index contributed by atoms with van der Waals surface area (Å²) in [5, 5.41) is 0. The van der Waals surface area contributed by atoms with Crippen molar-refractivity contribution in [3.05, 3.63) is 65.9 Å². The molecular formula is C19H22N4O. The molecule has 1 saturated heterocycles. The number of hydrogen-bond donors (Lipinski definition) is 1. The van der Waals surface area contributed by atoms with E-state index in [1.54, 1.807) is 18.3 Å². The summed E-state index contributed by atoms with van der Waals surface area (Å²) < 4.78 is 0. The van der Waals surface area contributed by atoms with Gasteiger partial charge in [0.2, 0.25) is 0 Å². The Bertz CT molecular complexity index is 689. The van der Waals surface area contributed by atoms with Gasteiger partial charge in [-0.3, -0.25) is 9.69 Å². The molecule has 2 aromatic rings. The van der Waals surface area contributed by atoms with E-state index >= 15 is 0 Å². The quantitative estimate of drug-likeness (QED) is 0.937. The highest BCUT2D eigenvalue weighted by Crippen LogP contribution is 2.10. The SMILES string of the molecule is Nc1ccc(C(=O)N2CCN(C/C=C/c3ccccc3)CC2)cn1. The zero-order chi connectivity index (χ0) is 16.8. The molecule has 2 N–H and O–H groups in total. The zero-order valence-corrected chi connectivity index (χ0v) is 13.6. The number of carbonyl (C=O) groups is 1. The van der Waals surface area contributed by atoms with Crippen molar-refractivity contribution < 1.29 is 4.79 Å². The molecule has 5 heteroatoms. The minimum absolute atomic E-state index is 0.0296. The highest BCUT2D eigenvalue weighted by atomic mass is 16.2. The molecule has 3 rings (SSSR count). The van der Waals surface area contributed by atoms with Crippen LogP contribution in [0.5, 0.6) is 0 Å². The Morgan fingerprint density at radius 1 is 1.08 bits per heavy atom. The molecule has 1 aromatic heterocycles. The van der Waals surface area contributed by atoms with Gasteiger partial charge in [-0.1, -0.05) is 42.5 Å². The van der Waals surface area contributed by atoms with Crippen molar-refractivity contribution in [1.29, 1.82) is 0 Å². The Balaban J connectivity index is 1.48. The van der Waals surface area contributed by atoms with Crippen LogP contribution in [0.2, 0.25) is 0 Å². The van der Waals surface area contributed by atoms with Crippen LogP contribution in [-0.4, -0.2) is 53.4 Å². The standard InChI is InChI=1S/C19H22N4O/c20-18-9-8-17(15-21-18)19(24)23-13-11-22(12-14-23)10-4-7-16-5-2-1-3-6-16/h1-9,15H,10-14H2,(H2,20,21)/b7-4+. The van der Waals surface area contributed by atoms with Gasteiger partial charge in [-0.25, -0.2) is 4.98 Å². The summed E-state index contributed by atoms with van der Waals surface area (Å²) in [6, 6.07) is 13.7. The highest BCUT2D eigenvalue weighted by Gasteiger charge is 2.21. The molecule has 1 amide bonds. The summed E-state index contributed by atoms with van der Waals surface area (Å²) in [6.07, 6.45) is 5.86. The van der Waals surface area contributed by atoms with Crippen LogP contribution >= 0.6 is 0 Å². The first kappa shape index (κ1) is 16.2. The number of hydrogen-bond acceptors (Lipinski definition) is 4. The number of carbonyl (C=O) groups excluding carboxylic acids is 1. The first-order chi connectivity index (χ1) is 11.7. The fourth-order valence-corrected chi connectivity index (χ4v) is 2.75. The predicted octanol–water partition coefficient (Wildman–Crippen LogP) is 2.14. The lowest BCUT2D eigenvalue weighted by molar-refractivity contribution is 0.0650. The average Bonchev–Trinajstić information content (AvgIpc) is 2.63. The van der Waals surface area contributed by atoms with Crippen LogP contribution in [0.25, 0.3) is 6.08 Å². The molecule has 0 aliphatic carbocycles. The van der Waals surface area contributed by atoms with Crippen LogP contribution in [0, 0.1) is 0 Å². The van der Waals surface area contributed by atoms with E-state index in [1.807, 2.05) is 23.1 Å². The summed E-state index contributed by atoms with van der Waals surface area (Å²) in [6.45, 7) is 4.14. The molecule has 5 nitrogen and oxygen atoms in total. The molecule has 0 saturated carbocycles. The Labute approximate surface area is 142 Å². The first-order valence-electron chi connectivity index (χ1n) is 8.17. The van der Waals surface area contributed by atoms with Gasteiger partial charge in [-0.15, -0.1) is 0 Å². The highest BCUT2D eigenvalue weighted by molar-refractivity contribution is 5.94. The number of piperazine rings is 1. The number of benzene rings is 1. The lowest BCUT2D eigenvalue weighted by Crippen LogP contribution is -2.48. The minimum atomic E-state index is 0.0296. The van der Waals surface area contributed by atoms with E-state index in [4.69, 9.17) is 5.73 Å². The van der Waals surface area contributed by atoms with Crippen molar-refractivity contribution >= 4 is 17.8 Å². The second-order valence-corrected chi connectivity index (χ2v) is 5.88. The Kier molecular flexibility index (Phi) is 5.23. The number of rotatable bonds is 4. The van der Waals surface area contributed by atoms with Crippen LogP contribution in [0.15, 0.2) is 54.7 Å². The third-order valence-corrected chi connectivity index (χ3v) is 4.17. The van der Waals surface area contributed by atoms with Crippen LogP contribution in [0.1, 0.15) is 15.9 Å². The van der Waals surface area contributed by atoms with Crippen LogP contribution < -0.4 is 5.73 Å². The van der Waals surface area contributed by atoms with E-state index in [9.17, 15) is 4.79 Å². The summed E-state index contributed by atoms with van der Waals surface area (Å²) in [7, 11) is 0. The van der Waals surface area contributed by atoms with Gasteiger partial charge >= 0.3 is 0 Å². The number of anilines is 1. The molecule has 0 spiro atoms. The van der Waals surface area contributed by atoms with Gasteiger partial charge in [-0.2, -0.15) is 0 Å². The molecule has 1 aliphatic heterocycles. The minimum Gasteiger partial charge on any atom is -0.384 e. The molecule has 24 heavy (non-hydrogen) atoms. The van der Waals surface area contributed by atoms with Crippen LogP contribution in [0.3, 0.4) is 0 Å². The number of aromatic nitrogens is 1. The molecule has 0 radical (unpaired) electrons. The fourth-order valence-electron chi connectivity index (χ4n) is 2.75. The normalized spacial score (nSPS) is 15.8. The second-order valence-electron chi connectivity index (χ2n) is 5.88. The van der Waals surface area contributed by atoms with Crippen molar-refractivity contribution in [2.45, 2.75) is 0 Å². The lowest BCUT2D eigenvalue weighted by atomic mass is 10.2. The van der Waals surface area contributed by atoms with Crippen LogP contribution in [0.4, 0.5) is 5.82 Å². The average molecular weight is 322 g/mol. The fraction of sp³-hybridized carbons (Fsp3) is 0.263. The Hall–Kier alpha value is -2.66. The van der Waals surface area contributed by atoms with Gasteiger partial charge in [0, 0.05) is 38.9 Å². The summed E-state index contributed by atoms with van der Waals surface area (Å²) >= 11 is 0. The van der Waals surface area contributed by atoms with Gasteiger partial charge in [-0.05, 0) is 17.7 Å². The summed E-state index contributed by atoms with van der Waals surface area (Å²) in [4.78, 5) is 20.7. The number of amides is 1. The van der Waals surface area contributed by atoms with E-state index < -0.39 is 0 Å². The van der Waals surface area contributed by atoms with E-state index in [0.29, 0.717) is 11.4 Å². The van der Waals surface area contributed by atoms with E-state index in [2.05, 4.69) is 34.2 Å². The number of nitrogens with two attached hydrogens (primary N) is 1. The summed E-state index contributed by atoms with van der Waals surface area (Å²) in [5.41, 5.74) is 7.37. The van der Waals surface area contributed by atoms with E-state index in [-0.39, 0.29) is 5.91 Å². The van der Waals surface area contributed by atoms with Gasteiger partial charge in [0.05, 0.1) is 5.56 Å². The molecule has 1 aromatic carbocycles. The number of nitrogens with zero attached hydrogens (tertiary/aromatic N) is 3. The molecular weight excluding hydrogens is 300 g/mol. The number of nitrogen functional groups attached to an aromatic ring is 1. The number of pyridine rings is 1. The molecule has 124 valence electrons. The maximum Gasteiger partial charge on any atom is 0.255 e. The van der Waals surface area contributed by atoms with Crippen molar-refractivity contribution in [1.82, 2.24) is 14.8 Å². The molecule has 0 atom stereocenters. The smallest absolute Gasteiger partial charge is 0.255 e. The third kappa shape index (κ3) is 4.20. The predicted molar refractivity (Wildman–Crippen MR) is 96.5 cm³/mol. The molecule has 1 fully saturated rings. The summed E-state index contributed by atoms with van der Waals surface area (Å²) in [5.74, 6) is 0.462. The Morgan fingerprint density at radius 2 is 1.83 bits per heavy atom. The topological polar surface area (TPSA) is 62.5 Å². The molecule has 1 aliphatic rings.